The van der Waals surface area contributed by atoms with Crippen LogP contribution in [0, 0.1) is 25.7 Å². The fraction of sp³-hybridized carbons (Fsp3) is 0.360. The van der Waals surface area contributed by atoms with Crippen LogP contribution in [0.1, 0.15) is 47.2 Å². The summed E-state index contributed by atoms with van der Waals surface area (Å²) in [5.74, 6) is -2.10. The summed E-state index contributed by atoms with van der Waals surface area (Å²) in [6.45, 7) is 3.39. The molecular weight excluding hydrogens is 488 g/mol. The number of esters is 1. The van der Waals surface area contributed by atoms with Gasteiger partial charge in [-0.2, -0.15) is 0 Å². The van der Waals surface area contributed by atoms with E-state index < -0.39 is 18.5 Å². The molecule has 0 unspecified atom stereocenters. The van der Waals surface area contributed by atoms with E-state index in [4.69, 9.17) is 4.74 Å². The van der Waals surface area contributed by atoms with E-state index in [9.17, 15) is 19.2 Å². The number of aryl methyl sites for hydroxylation is 2. The Kier molecular flexibility index (Phi) is 6.65. The Hall–Kier alpha value is -3.00. The third-order valence-electron chi connectivity index (χ3n) is 6.24. The molecule has 0 radical (unpaired) electrons. The minimum Gasteiger partial charge on any atom is -0.452 e. The third kappa shape index (κ3) is 4.71. The van der Waals surface area contributed by atoms with Gasteiger partial charge in [0.05, 0.1) is 23.1 Å². The first-order valence-electron chi connectivity index (χ1n) is 11.0. The molecule has 0 spiro atoms. The van der Waals surface area contributed by atoms with Crippen molar-refractivity contribution in [3.8, 4) is 0 Å². The summed E-state index contributed by atoms with van der Waals surface area (Å²) in [6, 6.07) is 9.87. The number of carbonyl (C=O) groups is 4. The number of hydrogen-bond acceptors (Lipinski definition) is 5. The van der Waals surface area contributed by atoms with Crippen molar-refractivity contribution < 1.29 is 23.9 Å². The van der Waals surface area contributed by atoms with E-state index in [-0.39, 0.29) is 29.2 Å². The Morgan fingerprint density at radius 1 is 1.03 bits per heavy atom. The van der Waals surface area contributed by atoms with E-state index in [1.165, 1.54) is 17.0 Å². The Morgan fingerprint density at radius 2 is 1.64 bits per heavy atom. The average molecular weight is 513 g/mol. The molecule has 4 rings (SSSR count). The van der Waals surface area contributed by atoms with Crippen molar-refractivity contribution in [3.63, 3.8) is 0 Å². The highest BCUT2D eigenvalue weighted by atomic mass is 79.9. The first kappa shape index (κ1) is 23.2. The number of carbonyl (C=O) groups excluding carboxylic acids is 4. The first-order valence-corrected chi connectivity index (χ1v) is 11.8. The molecule has 7 nitrogen and oxygen atoms in total. The summed E-state index contributed by atoms with van der Waals surface area (Å²) in [6.07, 6.45) is 3.34. The van der Waals surface area contributed by atoms with Gasteiger partial charge in [0.1, 0.15) is 0 Å². The van der Waals surface area contributed by atoms with E-state index >= 15 is 0 Å². The molecular formula is C25H25BrN2O5. The minimum absolute atomic E-state index is 0.172. The van der Waals surface area contributed by atoms with Crippen molar-refractivity contribution in [2.24, 2.45) is 11.8 Å². The van der Waals surface area contributed by atoms with Gasteiger partial charge < -0.3 is 10.1 Å². The van der Waals surface area contributed by atoms with Gasteiger partial charge in [0, 0.05) is 10.2 Å². The predicted octanol–water partition coefficient (Wildman–Crippen LogP) is 4.54. The van der Waals surface area contributed by atoms with Crippen molar-refractivity contribution in [2.75, 3.05) is 16.8 Å². The van der Waals surface area contributed by atoms with Crippen LogP contribution in [0.2, 0.25) is 0 Å². The number of fused-ring (bicyclic) bond motifs is 1. The maximum absolute atomic E-state index is 12.8. The van der Waals surface area contributed by atoms with Gasteiger partial charge in [-0.25, -0.2) is 4.79 Å². The molecule has 2 aromatic rings. The van der Waals surface area contributed by atoms with Crippen LogP contribution < -0.4 is 10.2 Å². The molecule has 0 bridgehead atoms. The van der Waals surface area contributed by atoms with Crippen molar-refractivity contribution >= 4 is 51.0 Å². The molecule has 1 N–H and O–H groups in total. The molecule has 0 aromatic heterocycles. The molecule has 1 saturated carbocycles. The second kappa shape index (κ2) is 9.47. The van der Waals surface area contributed by atoms with E-state index in [0.717, 1.165) is 41.3 Å². The number of rotatable bonds is 5. The first-order chi connectivity index (χ1) is 15.8. The standard InChI is InChI=1S/C25H25BrN2O5/c1-14-10-17(11-15(2)22(14)26)27-21(29)13-33-25(32)16-6-5-7-18(12-16)28-23(30)19-8-3-4-9-20(19)24(28)31/h5-7,10-12,19-20H,3-4,8-9,13H2,1-2H3,(H,27,29)/t19-,20-/m1/s1. The zero-order valence-electron chi connectivity index (χ0n) is 18.5. The van der Waals surface area contributed by atoms with Crippen LogP contribution in [0.3, 0.4) is 0 Å². The predicted molar refractivity (Wildman–Crippen MR) is 127 cm³/mol. The number of nitrogens with one attached hydrogen (secondary N) is 1. The number of imide groups is 1. The fourth-order valence-corrected chi connectivity index (χ4v) is 4.85. The minimum atomic E-state index is -0.702. The highest BCUT2D eigenvalue weighted by molar-refractivity contribution is 9.10. The van der Waals surface area contributed by atoms with Gasteiger partial charge >= 0.3 is 5.97 Å². The normalized spacial score (nSPS) is 19.9. The van der Waals surface area contributed by atoms with Gasteiger partial charge in [0.15, 0.2) is 6.61 Å². The zero-order valence-corrected chi connectivity index (χ0v) is 20.1. The van der Waals surface area contributed by atoms with Crippen molar-refractivity contribution in [2.45, 2.75) is 39.5 Å². The second-order valence-electron chi connectivity index (χ2n) is 8.61. The number of anilines is 2. The van der Waals surface area contributed by atoms with E-state index in [2.05, 4.69) is 21.2 Å². The second-order valence-corrected chi connectivity index (χ2v) is 9.40. The maximum atomic E-state index is 12.8. The summed E-state index contributed by atoms with van der Waals surface area (Å²) >= 11 is 3.48. The topological polar surface area (TPSA) is 92.8 Å². The molecule has 3 amide bonds. The van der Waals surface area contributed by atoms with Crippen molar-refractivity contribution in [1.29, 1.82) is 0 Å². The number of ether oxygens (including phenoxy) is 1. The number of hydrogen-bond donors (Lipinski definition) is 1. The lowest BCUT2D eigenvalue weighted by molar-refractivity contribution is -0.122. The van der Waals surface area contributed by atoms with Crippen LogP contribution in [-0.4, -0.2) is 30.3 Å². The summed E-state index contributed by atoms with van der Waals surface area (Å²) in [5.41, 5.74) is 3.10. The molecule has 2 aliphatic rings. The molecule has 2 atom stereocenters. The number of benzene rings is 2. The highest BCUT2D eigenvalue weighted by Crippen LogP contribution is 2.40. The monoisotopic (exact) mass is 512 g/mol. The molecule has 1 aliphatic heterocycles. The highest BCUT2D eigenvalue weighted by Gasteiger charge is 2.48. The lowest BCUT2D eigenvalue weighted by Gasteiger charge is -2.19. The van der Waals surface area contributed by atoms with E-state index in [1.807, 2.05) is 26.0 Å². The molecule has 2 aromatic carbocycles. The number of amides is 3. The van der Waals surface area contributed by atoms with Gasteiger partial charge in [0.25, 0.3) is 5.91 Å². The number of nitrogens with zero attached hydrogens (tertiary/aromatic N) is 1. The summed E-state index contributed by atoms with van der Waals surface area (Å²) < 4.78 is 6.14. The lowest BCUT2D eigenvalue weighted by atomic mass is 9.81. The molecule has 1 saturated heterocycles. The molecule has 172 valence electrons. The molecule has 1 aliphatic carbocycles. The Labute approximate surface area is 200 Å². The molecule has 33 heavy (non-hydrogen) atoms. The summed E-state index contributed by atoms with van der Waals surface area (Å²) in [5, 5.41) is 2.72. The third-order valence-corrected chi connectivity index (χ3v) is 7.49. The van der Waals surface area contributed by atoms with Gasteiger partial charge in [-0.05, 0) is 68.1 Å². The molecule has 8 heteroatoms. The van der Waals surface area contributed by atoms with Gasteiger partial charge in [-0.1, -0.05) is 34.8 Å². The summed E-state index contributed by atoms with van der Waals surface area (Å²) in [7, 11) is 0. The fourth-order valence-electron chi connectivity index (χ4n) is 4.62. The van der Waals surface area contributed by atoms with Crippen molar-refractivity contribution in [1.82, 2.24) is 0 Å². The van der Waals surface area contributed by atoms with Gasteiger partial charge in [-0.15, -0.1) is 0 Å². The Bertz CT molecular complexity index is 1100. The Morgan fingerprint density at radius 3 is 2.24 bits per heavy atom. The zero-order chi connectivity index (χ0) is 23.7. The van der Waals surface area contributed by atoms with Crippen LogP contribution >= 0.6 is 15.9 Å². The SMILES string of the molecule is Cc1cc(NC(=O)COC(=O)c2cccc(N3C(=O)[C@@H]4CCCC[C@H]4C3=O)c2)cc(C)c1Br. The van der Waals surface area contributed by atoms with Gasteiger partial charge in [-0.3, -0.25) is 19.3 Å². The average Bonchev–Trinajstić information content (AvgIpc) is 3.06. The molecule has 1 heterocycles. The van der Waals surface area contributed by atoms with E-state index in [0.29, 0.717) is 11.4 Å². The van der Waals surface area contributed by atoms with Crippen molar-refractivity contribution in [3.05, 3.63) is 57.6 Å². The van der Waals surface area contributed by atoms with E-state index in [1.54, 1.807) is 12.1 Å². The largest absolute Gasteiger partial charge is 0.452 e. The quantitative estimate of drug-likeness (QED) is 0.468. The van der Waals surface area contributed by atoms with Crippen LogP contribution in [0.25, 0.3) is 0 Å². The van der Waals surface area contributed by atoms with Crippen LogP contribution in [0.4, 0.5) is 11.4 Å². The van der Waals surface area contributed by atoms with Crippen LogP contribution in [0.15, 0.2) is 40.9 Å². The Balaban J connectivity index is 1.40. The molecule has 2 fully saturated rings. The van der Waals surface area contributed by atoms with Gasteiger partial charge in [0.2, 0.25) is 11.8 Å². The lowest BCUT2D eigenvalue weighted by Crippen LogP contribution is -2.31. The smallest absolute Gasteiger partial charge is 0.338 e. The number of halogens is 1. The van der Waals surface area contributed by atoms with Crippen LogP contribution in [0.5, 0.6) is 0 Å². The van der Waals surface area contributed by atoms with Crippen LogP contribution in [-0.2, 0) is 19.1 Å². The summed E-state index contributed by atoms with van der Waals surface area (Å²) in [4.78, 5) is 51.6. The maximum Gasteiger partial charge on any atom is 0.338 e.